The number of anilines is 3. The summed E-state index contributed by atoms with van der Waals surface area (Å²) in [7, 11) is 1.91. The van der Waals surface area contributed by atoms with Crippen LogP contribution >= 0.6 is 11.3 Å². The van der Waals surface area contributed by atoms with Crippen molar-refractivity contribution in [3.05, 3.63) is 22.8 Å². The van der Waals surface area contributed by atoms with Crippen LogP contribution in [0.1, 0.15) is 17.5 Å². The van der Waals surface area contributed by atoms with Crippen LogP contribution in [0.15, 0.2) is 12.3 Å². The van der Waals surface area contributed by atoms with Crippen molar-refractivity contribution >= 4 is 39.0 Å². The first kappa shape index (κ1) is 13.8. The lowest BCUT2D eigenvalue weighted by Gasteiger charge is -2.08. The fourth-order valence-corrected chi connectivity index (χ4v) is 3.10. The van der Waals surface area contributed by atoms with Gasteiger partial charge in [-0.05, 0) is 26.8 Å². The lowest BCUT2D eigenvalue weighted by Crippen LogP contribution is -2.04. The van der Waals surface area contributed by atoms with Gasteiger partial charge in [-0.2, -0.15) is 10.1 Å². The van der Waals surface area contributed by atoms with E-state index in [2.05, 4.69) is 38.7 Å². The molecule has 0 saturated heterocycles. The predicted molar refractivity (Wildman–Crippen MR) is 87.5 cm³/mol. The topological polar surface area (TPSA) is 67.7 Å². The predicted octanol–water partition coefficient (Wildman–Crippen LogP) is 3.22. The Balaban J connectivity index is 2.08. The van der Waals surface area contributed by atoms with E-state index in [0.29, 0.717) is 5.95 Å². The molecule has 0 aromatic carbocycles. The average Bonchev–Trinajstić information content (AvgIpc) is 2.92. The summed E-state index contributed by atoms with van der Waals surface area (Å²) in [6.45, 7) is 6.88. The summed E-state index contributed by atoms with van der Waals surface area (Å²) in [6, 6.07) is 2.11. The number of thiophene rings is 1. The molecule has 3 aromatic rings. The molecule has 0 saturated carbocycles. The maximum atomic E-state index is 4.59. The molecule has 3 rings (SSSR count). The third-order valence-electron chi connectivity index (χ3n) is 3.12. The Bertz CT molecular complexity index is 788. The van der Waals surface area contributed by atoms with Crippen molar-refractivity contribution in [3.8, 4) is 0 Å². The third kappa shape index (κ3) is 2.69. The first-order valence-electron chi connectivity index (χ1n) is 6.86. The molecule has 0 unspecified atom stereocenters. The van der Waals surface area contributed by atoms with Crippen LogP contribution in [0.2, 0.25) is 0 Å². The summed E-state index contributed by atoms with van der Waals surface area (Å²) in [5.74, 6) is 1.47. The summed E-state index contributed by atoms with van der Waals surface area (Å²) in [4.78, 5) is 11.3. The van der Waals surface area contributed by atoms with Crippen molar-refractivity contribution in [3.63, 3.8) is 0 Å². The van der Waals surface area contributed by atoms with E-state index in [1.165, 1.54) is 4.88 Å². The van der Waals surface area contributed by atoms with Gasteiger partial charge in [0.15, 0.2) is 0 Å². The molecule has 0 atom stereocenters. The number of fused-ring (bicyclic) bond motifs is 1. The van der Waals surface area contributed by atoms with Gasteiger partial charge < -0.3 is 10.6 Å². The molecular weight excluding hydrogens is 284 g/mol. The van der Waals surface area contributed by atoms with Gasteiger partial charge in [-0.15, -0.1) is 11.3 Å². The second kappa shape index (κ2) is 5.33. The van der Waals surface area contributed by atoms with E-state index >= 15 is 0 Å². The second-order valence-electron chi connectivity index (χ2n) is 4.93. The van der Waals surface area contributed by atoms with Gasteiger partial charge in [0.2, 0.25) is 5.95 Å². The van der Waals surface area contributed by atoms with E-state index < -0.39 is 0 Å². The fraction of sp³-hybridized carbons (Fsp3) is 0.357. The van der Waals surface area contributed by atoms with Crippen molar-refractivity contribution in [2.75, 3.05) is 17.2 Å². The molecule has 2 N–H and O–H groups in total. The van der Waals surface area contributed by atoms with Crippen molar-refractivity contribution < 1.29 is 0 Å². The molecule has 21 heavy (non-hydrogen) atoms. The lowest BCUT2D eigenvalue weighted by atomic mass is 10.3. The van der Waals surface area contributed by atoms with Gasteiger partial charge in [0.05, 0.1) is 16.8 Å². The molecule has 0 aliphatic rings. The number of aromatic nitrogens is 4. The van der Waals surface area contributed by atoms with Crippen molar-refractivity contribution in [1.29, 1.82) is 0 Å². The Labute approximate surface area is 127 Å². The maximum absolute atomic E-state index is 4.59. The smallest absolute Gasteiger partial charge is 0.226 e. The minimum atomic E-state index is 0.649. The van der Waals surface area contributed by atoms with Crippen LogP contribution in [0.5, 0.6) is 0 Å². The van der Waals surface area contributed by atoms with E-state index in [-0.39, 0.29) is 0 Å². The highest BCUT2D eigenvalue weighted by molar-refractivity contribution is 7.18. The van der Waals surface area contributed by atoms with Gasteiger partial charge in [-0.3, -0.25) is 4.68 Å². The van der Waals surface area contributed by atoms with Crippen molar-refractivity contribution in [2.45, 2.75) is 20.8 Å². The molecule has 0 aliphatic heterocycles. The summed E-state index contributed by atoms with van der Waals surface area (Å²) >= 11 is 1.67. The molecule has 0 amide bonds. The summed E-state index contributed by atoms with van der Waals surface area (Å²) in [6.07, 6.45) is 1.95. The van der Waals surface area contributed by atoms with Gasteiger partial charge in [0.25, 0.3) is 0 Å². The number of nitrogens with one attached hydrogen (secondary N) is 2. The highest BCUT2D eigenvalue weighted by Crippen LogP contribution is 2.31. The van der Waals surface area contributed by atoms with Gasteiger partial charge >= 0.3 is 0 Å². The molecule has 0 spiro atoms. The van der Waals surface area contributed by atoms with E-state index in [1.54, 1.807) is 16.0 Å². The van der Waals surface area contributed by atoms with Crippen LogP contribution in [-0.2, 0) is 7.05 Å². The maximum Gasteiger partial charge on any atom is 0.226 e. The van der Waals surface area contributed by atoms with Gasteiger partial charge in [0.1, 0.15) is 10.6 Å². The zero-order valence-corrected chi connectivity index (χ0v) is 13.4. The molecule has 0 fully saturated rings. The highest BCUT2D eigenvalue weighted by Gasteiger charge is 2.12. The normalized spacial score (nSPS) is 11.0. The molecule has 3 heterocycles. The second-order valence-corrected chi connectivity index (χ2v) is 6.16. The number of aryl methyl sites for hydroxylation is 3. The molecule has 0 radical (unpaired) electrons. The van der Waals surface area contributed by atoms with E-state index in [1.807, 2.05) is 27.1 Å². The zero-order chi connectivity index (χ0) is 15.0. The molecule has 0 aliphatic carbocycles. The molecule has 6 nitrogen and oxygen atoms in total. The molecule has 0 bridgehead atoms. The Morgan fingerprint density at radius 2 is 2.10 bits per heavy atom. The Morgan fingerprint density at radius 1 is 1.29 bits per heavy atom. The number of rotatable bonds is 4. The summed E-state index contributed by atoms with van der Waals surface area (Å²) < 4.78 is 1.79. The van der Waals surface area contributed by atoms with Crippen molar-refractivity contribution in [2.24, 2.45) is 7.05 Å². The van der Waals surface area contributed by atoms with Gasteiger partial charge in [-0.1, -0.05) is 0 Å². The fourth-order valence-electron chi connectivity index (χ4n) is 2.22. The Hall–Kier alpha value is -2.15. The van der Waals surface area contributed by atoms with E-state index in [4.69, 9.17) is 0 Å². The first-order valence-corrected chi connectivity index (χ1v) is 7.67. The first-order chi connectivity index (χ1) is 10.1. The van der Waals surface area contributed by atoms with Crippen LogP contribution in [0.25, 0.3) is 10.2 Å². The monoisotopic (exact) mass is 302 g/mol. The zero-order valence-electron chi connectivity index (χ0n) is 12.6. The number of hydrogen-bond donors (Lipinski definition) is 2. The Kier molecular flexibility index (Phi) is 3.50. The Morgan fingerprint density at radius 3 is 2.76 bits per heavy atom. The van der Waals surface area contributed by atoms with Crippen molar-refractivity contribution in [1.82, 2.24) is 19.7 Å². The minimum absolute atomic E-state index is 0.649. The van der Waals surface area contributed by atoms with E-state index in [9.17, 15) is 0 Å². The minimum Gasteiger partial charge on any atom is -0.354 e. The summed E-state index contributed by atoms with van der Waals surface area (Å²) in [5.41, 5.74) is 1.91. The average molecular weight is 302 g/mol. The number of hydrogen-bond acceptors (Lipinski definition) is 6. The van der Waals surface area contributed by atoms with Gasteiger partial charge in [0, 0.05) is 24.7 Å². The molecule has 7 heteroatoms. The van der Waals surface area contributed by atoms with Crippen LogP contribution in [0, 0.1) is 13.8 Å². The SMILES string of the molecule is CCNc1nc(Nc2cn(C)nc2C)c2cc(C)sc2n1. The van der Waals surface area contributed by atoms with Crippen LogP contribution in [-0.4, -0.2) is 26.3 Å². The third-order valence-corrected chi connectivity index (χ3v) is 4.06. The molecule has 3 aromatic heterocycles. The van der Waals surface area contributed by atoms with Crippen LogP contribution < -0.4 is 10.6 Å². The standard InChI is InChI=1S/C14H18N6S/c1-5-15-14-17-12(10-6-8(2)21-13(10)18-14)16-11-7-20(4)19-9(11)3/h6-7H,5H2,1-4H3,(H2,15,16,17,18). The van der Waals surface area contributed by atoms with E-state index in [0.717, 1.165) is 34.0 Å². The largest absolute Gasteiger partial charge is 0.354 e. The molecule has 110 valence electrons. The van der Waals surface area contributed by atoms with Crippen LogP contribution in [0.4, 0.5) is 17.5 Å². The highest BCUT2D eigenvalue weighted by atomic mass is 32.1. The summed E-state index contributed by atoms with van der Waals surface area (Å²) in [5, 5.41) is 12.0. The quantitative estimate of drug-likeness (QED) is 0.774. The molecular formula is C14H18N6S. The number of nitrogens with zero attached hydrogens (tertiary/aromatic N) is 4. The van der Waals surface area contributed by atoms with Crippen LogP contribution in [0.3, 0.4) is 0 Å². The lowest BCUT2D eigenvalue weighted by molar-refractivity contribution is 0.756. The van der Waals surface area contributed by atoms with Gasteiger partial charge in [-0.25, -0.2) is 4.98 Å².